The van der Waals surface area contributed by atoms with Gasteiger partial charge in [-0.05, 0) is 26.0 Å². The molecule has 0 aliphatic carbocycles. The number of nitrogens with one attached hydrogen (secondary N) is 1. The number of nitrogens with zero attached hydrogens (tertiary/aromatic N) is 1. The lowest BCUT2D eigenvalue weighted by Crippen LogP contribution is -2.54. The van der Waals surface area contributed by atoms with Crippen LogP contribution in [0, 0.1) is 5.82 Å². The van der Waals surface area contributed by atoms with Gasteiger partial charge in [0.15, 0.2) is 0 Å². The molecule has 1 N–H and O–H groups in total. The Hall–Kier alpha value is -1.30. The van der Waals surface area contributed by atoms with Crippen molar-refractivity contribution < 1.29 is 12.8 Å². The molecule has 4 nitrogen and oxygen atoms in total. The molecule has 0 saturated carbocycles. The summed E-state index contributed by atoms with van der Waals surface area (Å²) in [7, 11) is -3.52. The highest BCUT2D eigenvalue weighted by molar-refractivity contribution is 7.92. The molecular weight excluding hydrogens is 243 g/mol. The van der Waals surface area contributed by atoms with Gasteiger partial charge < -0.3 is 5.32 Å². The lowest BCUT2D eigenvalue weighted by atomic mass is 10.0. The first kappa shape index (κ1) is 12.2. The maximum absolute atomic E-state index is 13.8. The second-order valence-electron chi connectivity index (χ2n) is 4.83. The molecule has 1 aromatic rings. The highest BCUT2D eigenvalue weighted by Crippen LogP contribution is 2.39. The van der Waals surface area contributed by atoms with E-state index in [9.17, 15) is 12.8 Å². The molecule has 0 bridgehead atoms. The number of anilines is 2. The van der Waals surface area contributed by atoms with Crippen molar-refractivity contribution in [3.63, 3.8) is 0 Å². The van der Waals surface area contributed by atoms with Gasteiger partial charge in [0.25, 0.3) is 0 Å². The number of benzene rings is 1. The quantitative estimate of drug-likeness (QED) is 0.835. The summed E-state index contributed by atoms with van der Waals surface area (Å²) in [5, 5.41) is 3.05. The Kier molecular flexibility index (Phi) is 2.57. The zero-order valence-corrected chi connectivity index (χ0v) is 10.8. The molecule has 0 unspecified atom stereocenters. The predicted octanol–water partition coefficient (Wildman–Crippen LogP) is 1.80. The van der Waals surface area contributed by atoms with Gasteiger partial charge in [0.2, 0.25) is 10.0 Å². The Balaban J connectivity index is 2.72. The average molecular weight is 258 g/mol. The van der Waals surface area contributed by atoms with Crippen LogP contribution in [0.25, 0.3) is 0 Å². The smallest absolute Gasteiger partial charge is 0.232 e. The number of fused-ring (bicyclic) bond motifs is 1. The van der Waals surface area contributed by atoms with Gasteiger partial charge in [-0.3, -0.25) is 4.31 Å². The van der Waals surface area contributed by atoms with Gasteiger partial charge in [0.05, 0.1) is 17.5 Å². The molecule has 0 atom stereocenters. The Morgan fingerprint density at radius 3 is 2.65 bits per heavy atom. The van der Waals surface area contributed by atoms with Crippen molar-refractivity contribution in [2.75, 3.05) is 22.4 Å². The lowest BCUT2D eigenvalue weighted by molar-refractivity contribution is 0.503. The summed E-state index contributed by atoms with van der Waals surface area (Å²) in [6, 6.07) is 4.49. The van der Waals surface area contributed by atoms with Crippen LogP contribution in [0.15, 0.2) is 18.2 Å². The summed E-state index contributed by atoms with van der Waals surface area (Å²) in [5.74, 6) is -0.534. The van der Waals surface area contributed by atoms with Crippen molar-refractivity contribution in [1.82, 2.24) is 0 Å². The maximum atomic E-state index is 13.8. The first-order valence-electron chi connectivity index (χ1n) is 5.26. The van der Waals surface area contributed by atoms with Crippen molar-refractivity contribution in [1.29, 1.82) is 0 Å². The van der Waals surface area contributed by atoms with E-state index in [0.29, 0.717) is 12.2 Å². The number of rotatable bonds is 1. The molecule has 6 heteroatoms. The molecule has 0 spiro atoms. The van der Waals surface area contributed by atoms with E-state index in [2.05, 4.69) is 5.32 Å². The van der Waals surface area contributed by atoms with E-state index in [0.717, 1.165) is 10.6 Å². The van der Waals surface area contributed by atoms with Gasteiger partial charge >= 0.3 is 0 Å². The topological polar surface area (TPSA) is 49.4 Å². The Labute approximate surface area is 100 Å². The first-order chi connectivity index (χ1) is 7.73. The second-order valence-corrected chi connectivity index (χ2v) is 6.66. The van der Waals surface area contributed by atoms with E-state index in [1.807, 2.05) is 0 Å². The first-order valence-corrected chi connectivity index (χ1v) is 7.11. The monoisotopic (exact) mass is 258 g/mol. The lowest BCUT2D eigenvalue weighted by Gasteiger charge is -2.43. The van der Waals surface area contributed by atoms with Crippen molar-refractivity contribution in [2.24, 2.45) is 0 Å². The molecule has 94 valence electrons. The van der Waals surface area contributed by atoms with Crippen LogP contribution in [0.5, 0.6) is 0 Å². The molecule has 0 amide bonds. The molecular formula is C11H15FN2O2S. The standard InChI is InChI=1S/C11H15FN2O2S/c1-11(2)7-13-9-6-4-5-8(12)10(9)14(11)17(3,15)16/h4-6,13H,7H2,1-3H3. The molecule has 1 aromatic carbocycles. The molecule has 0 radical (unpaired) electrons. The Morgan fingerprint density at radius 2 is 2.06 bits per heavy atom. The van der Waals surface area contributed by atoms with E-state index in [1.165, 1.54) is 6.07 Å². The van der Waals surface area contributed by atoms with E-state index in [1.54, 1.807) is 26.0 Å². The van der Waals surface area contributed by atoms with Crippen LogP contribution in [-0.4, -0.2) is 26.8 Å². The van der Waals surface area contributed by atoms with Gasteiger partial charge in [-0.2, -0.15) is 0 Å². The normalized spacial score (nSPS) is 18.5. The van der Waals surface area contributed by atoms with Crippen molar-refractivity contribution in [3.8, 4) is 0 Å². The molecule has 17 heavy (non-hydrogen) atoms. The van der Waals surface area contributed by atoms with Crippen molar-refractivity contribution >= 4 is 21.4 Å². The minimum absolute atomic E-state index is 0.103. The number of halogens is 1. The number of sulfonamides is 1. The van der Waals surface area contributed by atoms with Gasteiger partial charge in [0.1, 0.15) is 11.5 Å². The van der Waals surface area contributed by atoms with E-state index >= 15 is 0 Å². The molecule has 0 saturated heterocycles. The van der Waals surface area contributed by atoms with Crippen molar-refractivity contribution in [3.05, 3.63) is 24.0 Å². The molecule has 1 heterocycles. The van der Waals surface area contributed by atoms with Crippen LogP contribution in [-0.2, 0) is 10.0 Å². The number of hydrogen-bond donors (Lipinski definition) is 1. The fourth-order valence-electron chi connectivity index (χ4n) is 2.17. The number of hydrogen-bond acceptors (Lipinski definition) is 3. The van der Waals surface area contributed by atoms with E-state index in [-0.39, 0.29) is 5.69 Å². The Morgan fingerprint density at radius 1 is 1.41 bits per heavy atom. The summed E-state index contributed by atoms with van der Waals surface area (Å²) in [4.78, 5) is 0. The molecule has 1 aliphatic heterocycles. The van der Waals surface area contributed by atoms with E-state index in [4.69, 9.17) is 0 Å². The number of para-hydroxylation sites is 1. The predicted molar refractivity (Wildman–Crippen MR) is 66.3 cm³/mol. The third kappa shape index (κ3) is 1.97. The fraction of sp³-hybridized carbons (Fsp3) is 0.455. The van der Waals surface area contributed by atoms with Crippen LogP contribution < -0.4 is 9.62 Å². The minimum atomic E-state index is -3.52. The zero-order valence-electron chi connectivity index (χ0n) is 9.99. The third-order valence-electron chi connectivity index (χ3n) is 2.78. The second kappa shape index (κ2) is 3.60. The average Bonchev–Trinajstić information content (AvgIpc) is 2.16. The fourth-order valence-corrected chi connectivity index (χ4v) is 3.64. The molecule has 0 aromatic heterocycles. The van der Waals surface area contributed by atoms with Crippen LogP contribution in [0.2, 0.25) is 0 Å². The van der Waals surface area contributed by atoms with Crippen LogP contribution in [0.3, 0.4) is 0 Å². The molecule has 2 rings (SSSR count). The van der Waals surface area contributed by atoms with Crippen LogP contribution in [0.1, 0.15) is 13.8 Å². The summed E-state index contributed by atoms with van der Waals surface area (Å²) < 4.78 is 38.7. The SMILES string of the molecule is CC1(C)CNc2cccc(F)c2N1S(C)(=O)=O. The molecule has 1 aliphatic rings. The molecule has 0 fully saturated rings. The summed E-state index contributed by atoms with van der Waals surface area (Å²) in [6.45, 7) is 3.96. The largest absolute Gasteiger partial charge is 0.381 e. The minimum Gasteiger partial charge on any atom is -0.381 e. The third-order valence-corrected chi connectivity index (χ3v) is 4.12. The van der Waals surface area contributed by atoms with Gasteiger partial charge in [-0.25, -0.2) is 12.8 Å². The highest BCUT2D eigenvalue weighted by atomic mass is 32.2. The van der Waals surface area contributed by atoms with Crippen molar-refractivity contribution in [2.45, 2.75) is 19.4 Å². The highest BCUT2D eigenvalue weighted by Gasteiger charge is 2.40. The van der Waals surface area contributed by atoms with Gasteiger partial charge in [-0.1, -0.05) is 6.07 Å². The summed E-state index contributed by atoms with van der Waals surface area (Å²) in [6.07, 6.45) is 1.09. The summed E-state index contributed by atoms with van der Waals surface area (Å²) >= 11 is 0. The zero-order chi connectivity index (χ0) is 12.8. The van der Waals surface area contributed by atoms with Gasteiger partial charge in [-0.15, -0.1) is 0 Å². The van der Waals surface area contributed by atoms with Crippen LogP contribution in [0.4, 0.5) is 15.8 Å². The summed E-state index contributed by atoms with van der Waals surface area (Å²) in [5.41, 5.74) is -0.0797. The maximum Gasteiger partial charge on any atom is 0.232 e. The Bertz CT molecular complexity index is 555. The van der Waals surface area contributed by atoms with Gasteiger partial charge in [0, 0.05) is 6.54 Å². The van der Waals surface area contributed by atoms with E-state index < -0.39 is 21.4 Å². The van der Waals surface area contributed by atoms with Crippen LogP contribution >= 0.6 is 0 Å².